The number of nitrogens with zero attached hydrogens (tertiary/aromatic N) is 2. The first-order valence-corrected chi connectivity index (χ1v) is 8.49. The van der Waals surface area contributed by atoms with Crippen LogP contribution in [0.4, 0.5) is 5.69 Å². The number of sulfonamides is 1. The SMILES string of the molecule is CN(C)S(=O)(=O)c1cc(C(=O)Nc2ccncc2)ccc1Br. The van der Waals surface area contributed by atoms with E-state index in [1.165, 1.54) is 26.2 Å². The highest BCUT2D eigenvalue weighted by Crippen LogP contribution is 2.25. The van der Waals surface area contributed by atoms with Crippen molar-refractivity contribution in [1.82, 2.24) is 9.29 Å². The predicted octanol–water partition coefficient (Wildman–Crippen LogP) is 2.35. The summed E-state index contributed by atoms with van der Waals surface area (Å²) in [5.74, 6) is -0.395. The summed E-state index contributed by atoms with van der Waals surface area (Å²) < 4.78 is 26.0. The third kappa shape index (κ3) is 3.52. The summed E-state index contributed by atoms with van der Waals surface area (Å²) in [5, 5.41) is 2.68. The van der Waals surface area contributed by atoms with E-state index in [1.807, 2.05) is 0 Å². The second kappa shape index (κ2) is 6.55. The molecule has 1 heterocycles. The minimum Gasteiger partial charge on any atom is -0.322 e. The Labute approximate surface area is 137 Å². The van der Waals surface area contributed by atoms with E-state index in [4.69, 9.17) is 0 Å². The Morgan fingerprint density at radius 3 is 2.41 bits per heavy atom. The van der Waals surface area contributed by atoms with E-state index in [2.05, 4.69) is 26.2 Å². The molecule has 22 heavy (non-hydrogen) atoms. The molecule has 0 saturated carbocycles. The average Bonchev–Trinajstić information content (AvgIpc) is 2.48. The molecule has 0 fully saturated rings. The highest BCUT2D eigenvalue weighted by atomic mass is 79.9. The van der Waals surface area contributed by atoms with Crippen molar-refractivity contribution in [3.8, 4) is 0 Å². The van der Waals surface area contributed by atoms with Gasteiger partial charge in [0.15, 0.2) is 0 Å². The molecule has 1 aromatic carbocycles. The molecular weight excluding hydrogens is 370 g/mol. The van der Waals surface area contributed by atoms with Crippen LogP contribution in [0.15, 0.2) is 52.1 Å². The summed E-state index contributed by atoms with van der Waals surface area (Å²) in [6.45, 7) is 0. The van der Waals surface area contributed by atoms with Crippen LogP contribution >= 0.6 is 15.9 Å². The fourth-order valence-corrected chi connectivity index (χ4v) is 3.52. The molecule has 0 bridgehead atoms. The Morgan fingerprint density at radius 1 is 1.18 bits per heavy atom. The fourth-order valence-electron chi connectivity index (χ4n) is 1.68. The molecule has 2 rings (SSSR count). The fraction of sp³-hybridized carbons (Fsp3) is 0.143. The van der Waals surface area contributed by atoms with E-state index < -0.39 is 15.9 Å². The summed E-state index contributed by atoms with van der Waals surface area (Å²) >= 11 is 3.20. The molecule has 1 amide bonds. The Bertz CT molecular complexity index is 792. The summed E-state index contributed by atoms with van der Waals surface area (Å²) in [4.78, 5) is 16.1. The van der Waals surface area contributed by atoms with E-state index in [0.29, 0.717) is 10.2 Å². The van der Waals surface area contributed by atoms with Crippen LogP contribution in [-0.2, 0) is 10.0 Å². The van der Waals surface area contributed by atoms with Crippen molar-refractivity contribution in [2.24, 2.45) is 0 Å². The Morgan fingerprint density at radius 2 is 1.82 bits per heavy atom. The lowest BCUT2D eigenvalue weighted by Crippen LogP contribution is -2.23. The summed E-state index contributed by atoms with van der Waals surface area (Å²) in [7, 11) is -0.768. The molecule has 0 saturated heterocycles. The molecule has 0 aliphatic carbocycles. The normalized spacial score (nSPS) is 11.5. The van der Waals surface area contributed by atoms with Gasteiger partial charge in [-0.05, 0) is 46.3 Å². The Hall–Kier alpha value is -1.77. The number of rotatable bonds is 4. The number of amides is 1. The van der Waals surface area contributed by atoms with Gasteiger partial charge >= 0.3 is 0 Å². The lowest BCUT2D eigenvalue weighted by atomic mass is 10.2. The van der Waals surface area contributed by atoms with Gasteiger partial charge in [-0.2, -0.15) is 0 Å². The molecule has 116 valence electrons. The van der Waals surface area contributed by atoms with Gasteiger partial charge < -0.3 is 5.32 Å². The molecule has 6 nitrogen and oxygen atoms in total. The summed E-state index contributed by atoms with van der Waals surface area (Å²) in [6, 6.07) is 7.73. The molecule has 0 spiro atoms. The number of aromatic nitrogens is 1. The lowest BCUT2D eigenvalue weighted by Gasteiger charge is -2.14. The molecule has 1 N–H and O–H groups in total. The quantitative estimate of drug-likeness (QED) is 0.878. The number of carbonyl (C=O) groups excluding carboxylic acids is 1. The number of benzene rings is 1. The van der Waals surface area contributed by atoms with Crippen molar-refractivity contribution in [3.63, 3.8) is 0 Å². The van der Waals surface area contributed by atoms with Crippen LogP contribution in [0.25, 0.3) is 0 Å². The van der Waals surface area contributed by atoms with E-state index in [-0.39, 0.29) is 10.5 Å². The van der Waals surface area contributed by atoms with Gasteiger partial charge in [-0.3, -0.25) is 9.78 Å². The van der Waals surface area contributed by atoms with E-state index >= 15 is 0 Å². The topological polar surface area (TPSA) is 79.4 Å². The van der Waals surface area contributed by atoms with E-state index in [0.717, 1.165) is 4.31 Å². The van der Waals surface area contributed by atoms with Gasteiger partial charge in [-0.1, -0.05) is 0 Å². The molecule has 0 atom stereocenters. The third-order valence-electron chi connectivity index (χ3n) is 2.89. The van der Waals surface area contributed by atoms with Gasteiger partial charge in [0.2, 0.25) is 10.0 Å². The minimum absolute atomic E-state index is 0.0416. The number of hydrogen-bond acceptors (Lipinski definition) is 4. The molecule has 0 aliphatic heterocycles. The van der Waals surface area contributed by atoms with Crippen LogP contribution < -0.4 is 5.32 Å². The van der Waals surface area contributed by atoms with Crippen molar-refractivity contribution in [2.75, 3.05) is 19.4 Å². The second-order valence-corrected chi connectivity index (χ2v) is 7.60. The summed E-state index contributed by atoms with van der Waals surface area (Å²) in [6.07, 6.45) is 3.11. The average molecular weight is 384 g/mol. The number of anilines is 1. The van der Waals surface area contributed by atoms with Crippen LogP contribution in [0.1, 0.15) is 10.4 Å². The zero-order chi connectivity index (χ0) is 16.3. The molecule has 2 aromatic rings. The monoisotopic (exact) mass is 383 g/mol. The third-order valence-corrected chi connectivity index (χ3v) is 5.70. The van der Waals surface area contributed by atoms with E-state index in [1.54, 1.807) is 30.6 Å². The van der Waals surface area contributed by atoms with Crippen molar-refractivity contribution >= 4 is 37.5 Å². The van der Waals surface area contributed by atoms with Crippen LogP contribution in [0.3, 0.4) is 0 Å². The maximum absolute atomic E-state index is 12.2. The van der Waals surface area contributed by atoms with Crippen molar-refractivity contribution in [1.29, 1.82) is 0 Å². The first kappa shape index (κ1) is 16.6. The van der Waals surface area contributed by atoms with E-state index in [9.17, 15) is 13.2 Å². The molecule has 8 heteroatoms. The minimum atomic E-state index is -3.64. The van der Waals surface area contributed by atoms with Crippen molar-refractivity contribution < 1.29 is 13.2 Å². The maximum Gasteiger partial charge on any atom is 0.255 e. The number of nitrogens with one attached hydrogen (secondary N) is 1. The van der Waals surface area contributed by atoms with Crippen LogP contribution in [0.2, 0.25) is 0 Å². The van der Waals surface area contributed by atoms with Crippen molar-refractivity contribution in [3.05, 3.63) is 52.8 Å². The van der Waals surface area contributed by atoms with Crippen LogP contribution in [0, 0.1) is 0 Å². The summed E-state index contributed by atoms with van der Waals surface area (Å²) in [5.41, 5.74) is 0.834. The van der Waals surface area contributed by atoms with Gasteiger partial charge in [0.25, 0.3) is 5.91 Å². The second-order valence-electron chi connectivity index (χ2n) is 4.62. The van der Waals surface area contributed by atoms with Crippen LogP contribution in [0.5, 0.6) is 0 Å². The van der Waals surface area contributed by atoms with Gasteiger partial charge in [-0.25, -0.2) is 12.7 Å². The molecule has 0 aliphatic rings. The lowest BCUT2D eigenvalue weighted by molar-refractivity contribution is 0.102. The van der Waals surface area contributed by atoms with Crippen molar-refractivity contribution in [2.45, 2.75) is 4.90 Å². The zero-order valence-corrected chi connectivity index (χ0v) is 14.3. The first-order chi connectivity index (χ1) is 10.3. The molecule has 1 aromatic heterocycles. The highest BCUT2D eigenvalue weighted by Gasteiger charge is 2.22. The highest BCUT2D eigenvalue weighted by molar-refractivity contribution is 9.10. The number of hydrogen-bond donors (Lipinski definition) is 1. The number of carbonyl (C=O) groups is 1. The van der Waals surface area contributed by atoms with Gasteiger partial charge in [0, 0.05) is 42.2 Å². The molecular formula is C14H14BrN3O3S. The van der Waals surface area contributed by atoms with Gasteiger partial charge in [0.1, 0.15) is 0 Å². The van der Waals surface area contributed by atoms with Gasteiger partial charge in [-0.15, -0.1) is 0 Å². The predicted molar refractivity (Wildman–Crippen MR) is 87.2 cm³/mol. The molecule has 0 radical (unpaired) electrons. The number of halogens is 1. The standard InChI is InChI=1S/C14H14BrN3O3S/c1-18(2)22(20,21)13-9-10(3-4-12(13)15)14(19)17-11-5-7-16-8-6-11/h3-9H,1-2H3,(H,16,17,19). The number of pyridine rings is 1. The molecule has 0 unspecified atom stereocenters. The largest absolute Gasteiger partial charge is 0.322 e. The Balaban J connectivity index is 2.36. The first-order valence-electron chi connectivity index (χ1n) is 6.26. The van der Waals surface area contributed by atoms with Crippen LogP contribution in [-0.4, -0.2) is 37.7 Å². The zero-order valence-electron chi connectivity index (χ0n) is 11.9. The van der Waals surface area contributed by atoms with Gasteiger partial charge in [0.05, 0.1) is 4.90 Å². The Kier molecular flexibility index (Phi) is 4.94. The smallest absolute Gasteiger partial charge is 0.255 e. The maximum atomic E-state index is 12.2.